The largest absolute Gasteiger partial charge is 0.481 e. The van der Waals surface area contributed by atoms with Crippen molar-refractivity contribution in [1.29, 1.82) is 0 Å². The van der Waals surface area contributed by atoms with Crippen LogP contribution < -0.4 is 0 Å². The molecule has 0 spiro atoms. The summed E-state index contributed by atoms with van der Waals surface area (Å²) in [6.07, 6.45) is 5.16. The predicted molar refractivity (Wildman–Crippen MR) is 45.0 cm³/mol. The molecule has 1 aliphatic carbocycles. The average molecular weight is 178 g/mol. The Morgan fingerprint density at radius 3 is 2.85 bits per heavy atom. The van der Waals surface area contributed by atoms with Crippen molar-refractivity contribution in [1.82, 2.24) is 9.97 Å². The number of carboxylic acid groups (broad SMARTS) is 1. The summed E-state index contributed by atoms with van der Waals surface area (Å²) in [6, 6.07) is 1.77. The molecule has 0 unspecified atom stereocenters. The lowest BCUT2D eigenvalue weighted by Crippen LogP contribution is -2.18. The summed E-state index contributed by atoms with van der Waals surface area (Å²) >= 11 is 0. The van der Waals surface area contributed by atoms with Crippen LogP contribution in [0.2, 0.25) is 0 Å². The summed E-state index contributed by atoms with van der Waals surface area (Å²) in [5, 5.41) is 8.92. The van der Waals surface area contributed by atoms with Gasteiger partial charge < -0.3 is 5.11 Å². The van der Waals surface area contributed by atoms with Crippen LogP contribution in [0, 0.1) is 5.41 Å². The number of carboxylic acids is 1. The van der Waals surface area contributed by atoms with E-state index in [9.17, 15) is 4.79 Å². The first-order chi connectivity index (χ1) is 6.23. The third-order valence-electron chi connectivity index (χ3n) is 2.47. The molecule has 68 valence electrons. The number of rotatable bonds is 3. The molecule has 0 amide bonds. The fraction of sp³-hybridized carbons (Fsp3) is 0.444. The van der Waals surface area contributed by atoms with Gasteiger partial charge in [-0.1, -0.05) is 0 Å². The van der Waals surface area contributed by atoms with E-state index in [-0.39, 0.29) is 0 Å². The lowest BCUT2D eigenvalue weighted by molar-refractivity contribution is -0.143. The second-order valence-electron chi connectivity index (χ2n) is 3.46. The Balaban J connectivity index is 2.11. The fourth-order valence-corrected chi connectivity index (χ4v) is 1.39. The van der Waals surface area contributed by atoms with E-state index in [1.807, 2.05) is 0 Å². The monoisotopic (exact) mass is 178 g/mol. The highest BCUT2D eigenvalue weighted by Crippen LogP contribution is 2.48. The fourth-order valence-electron chi connectivity index (χ4n) is 1.39. The van der Waals surface area contributed by atoms with E-state index in [1.54, 1.807) is 12.3 Å². The zero-order valence-electron chi connectivity index (χ0n) is 7.10. The maximum atomic E-state index is 10.8. The average Bonchev–Trinajstić information content (AvgIpc) is 2.87. The second-order valence-corrected chi connectivity index (χ2v) is 3.46. The number of nitrogens with zero attached hydrogens (tertiary/aromatic N) is 2. The van der Waals surface area contributed by atoms with E-state index >= 15 is 0 Å². The van der Waals surface area contributed by atoms with Crippen LogP contribution in [0.15, 0.2) is 18.6 Å². The SMILES string of the molecule is O=C(O)C1(Cc2ccncn2)CC1. The summed E-state index contributed by atoms with van der Waals surface area (Å²) in [7, 11) is 0. The van der Waals surface area contributed by atoms with Crippen molar-refractivity contribution < 1.29 is 9.90 Å². The van der Waals surface area contributed by atoms with Crippen LogP contribution in [-0.4, -0.2) is 21.0 Å². The third-order valence-corrected chi connectivity index (χ3v) is 2.47. The molecule has 4 heteroatoms. The molecule has 13 heavy (non-hydrogen) atoms. The highest BCUT2D eigenvalue weighted by molar-refractivity contribution is 5.78. The minimum atomic E-state index is -0.703. The Kier molecular flexibility index (Phi) is 1.76. The van der Waals surface area contributed by atoms with Crippen molar-refractivity contribution in [3.8, 4) is 0 Å². The molecular formula is C9H10N2O2. The lowest BCUT2D eigenvalue weighted by atomic mass is 10.0. The Bertz CT molecular complexity index is 320. The number of carbonyl (C=O) groups is 1. The van der Waals surface area contributed by atoms with Crippen molar-refractivity contribution in [2.24, 2.45) is 5.41 Å². The molecule has 1 fully saturated rings. The van der Waals surface area contributed by atoms with Crippen LogP contribution in [0.4, 0.5) is 0 Å². The molecular weight excluding hydrogens is 168 g/mol. The van der Waals surface area contributed by atoms with Crippen molar-refractivity contribution in [3.63, 3.8) is 0 Å². The number of hydrogen-bond donors (Lipinski definition) is 1. The van der Waals surface area contributed by atoms with Gasteiger partial charge in [-0.05, 0) is 18.9 Å². The van der Waals surface area contributed by atoms with Gasteiger partial charge in [0.2, 0.25) is 0 Å². The Morgan fingerprint density at radius 2 is 2.38 bits per heavy atom. The molecule has 1 aromatic rings. The number of aromatic nitrogens is 2. The van der Waals surface area contributed by atoms with Gasteiger partial charge in [-0.3, -0.25) is 4.79 Å². The topological polar surface area (TPSA) is 63.1 Å². The van der Waals surface area contributed by atoms with E-state index in [0.717, 1.165) is 18.5 Å². The quantitative estimate of drug-likeness (QED) is 0.746. The Labute approximate surface area is 75.6 Å². The van der Waals surface area contributed by atoms with Crippen LogP contribution >= 0.6 is 0 Å². The van der Waals surface area contributed by atoms with Gasteiger partial charge in [-0.15, -0.1) is 0 Å². The Morgan fingerprint density at radius 1 is 1.62 bits per heavy atom. The molecule has 1 heterocycles. The Hall–Kier alpha value is -1.45. The zero-order valence-corrected chi connectivity index (χ0v) is 7.10. The van der Waals surface area contributed by atoms with Crippen LogP contribution in [0.25, 0.3) is 0 Å². The van der Waals surface area contributed by atoms with E-state index in [2.05, 4.69) is 9.97 Å². The summed E-state index contributed by atoms with van der Waals surface area (Å²) in [4.78, 5) is 18.6. The highest BCUT2D eigenvalue weighted by Gasteiger charge is 2.50. The predicted octanol–water partition coefficient (Wildman–Crippen LogP) is 0.884. The van der Waals surface area contributed by atoms with Gasteiger partial charge >= 0.3 is 5.97 Å². The summed E-state index contributed by atoms with van der Waals surface area (Å²) < 4.78 is 0. The number of aliphatic carboxylic acids is 1. The zero-order chi connectivity index (χ0) is 9.31. The van der Waals surface area contributed by atoms with Crippen molar-refractivity contribution in [2.75, 3.05) is 0 Å². The van der Waals surface area contributed by atoms with E-state index in [1.165, 1.54) is 6.33 Å². The van der Waals surface area contributed by atoms with Gasteiger partial charge in [-0.2, -0.15) is 0 Å². The lowest BCUT2D eigenvalue weighted by Gasteiger charge is -2.07. The second kappa shape index (κ2) is 2.80. The molecule has 0 aromatic carbocycles. The molecule has 0 saturated heterocycles. The van der Waals surface area contributed by atoms with Gasteiger partial charge in [0.05, 0.1) is 5.41 Å². The first-order valence-electron chi connectivity index (χ1n) is 4.21. The maximum absolute atomic E-state index is 10.8. The molecule has 1 aliphatic rings. The molecule has 4 nitrogen and oxygen atoms in total. The van der Waals surface area contributed by atoms with Gasteiger partial charge in [0, 0.05) is 18.3 Å². The summed E-state index contributed by atoms with van der Waals surface area (Å²) in [6.45, 7) is 0. The summed E-state index contributed by atoms with van der Waals surface area (Å²) in [5.41, 5.74) is 0.295. The smallest absolute Gasteiger partial charge is 0.310 e. The van der Waals surface area contributed by atoms with Crippen molar-refractivity contribution >= 4 is 5.97 Å². The van der Waals surface area contributed by atoms with Gasteiger partial charge in [0.25, 0.3) is 0 Å². The molecule has 1 N–H and O–H groups in total. The molecule has 1 saturated carbocycles. The van der Waals surface area contributed by atoms with E-state index in [0.29, 0.717) is 6.42 Å². The standard InChI is InChI=1S/C9H10N2O2/c12-8(13)9(2-3-9)5-7-1-4-10-6-11-7/h1,4,6H,2-3,5H2,(H,12,13). The highest BCUT2D eigenvalue weighted by atomic mass is 16.4. The molecule has 1 aromatic heterocycles. The van der Waals surface area contributed by atoms with Gasteiger partial charge in [-0.25, -0.2) is 9.97 Å². The molecule has 2 rings (SSSR count). The van der Waals surface area contributed by atoms with Crippen LogP contribution in [-0.2, 0) is 11.2 Å². The minimum absolute atomic E-state index is 0.519. The number of hydrogen-bond acceptors (Lipinski definition) is 3. The van der Waals surface area contributed by atoms with E-state index < -0.39 is 11.4 Å². The van der Waals surface area contributed by atoms with Gasteiger partial charge in [0.15, 0.2) is 0 Å². The maximum Gasteiger partial charge on any atom is 0.310 e. The molecule has 0 aliphatic heterocycles. The van der Waals surface area contributed by atoms with Gasteiger partial charge in [0.1, 0.15) is 6.33 Å². The van der Waals surface area contributed by atoms with E-state index in [4.69, 9.17) is 5.11 Å². The van der Waals surface area contributed by atoms with Crippen LogP contribution in [0.1, 0.15) is 18.5 Å². The molecule has 0 bridgehead atoms. The molecule has 0 atom stereocenters. The normalized spacial score (nSPS) is 18.2. The summed E-state index contributed by atoms with van der Waals surface area (Å²) in [5.74, 6) is -0.703. The van der Waals surface area contributed by atoms with Crippen molar-refractivity contribution in [3.05, 3.63) is 24.3 Å². The minimum Gasteiger partial charge on any atom is -0.481 e. The first-order valence-corrected chi connectivity index (χ1v) is 4.21. The third kappa shape index (κ3) is 1.52. The first kappa shape index (κ1) is 8.16. The van der Waals surface area contributed by atoms with Crippen molar-refractivity contribution in [2.45, 2.75) is 19.3 Å². The van der Waals surface area contributed by atoms with Crippen LogP contribution in [0.5, 0.6) is 0 Å². The molecule has 0 radical (unpaired) electrons. The van der Waals surface area contributed by atoms with Crippen LogP contribution in [0.3, 0.4) is 0 Å².